The molecule has 1 aliphatic heterocycles. The Morgan fingerprint density at radius 2 is 1.57 bits per heavy atom. The van der Waals surface area contributed by atoms with Gasteiger partial charge in [0, 0.05) is 0 Å². The first-order chi connectivity index (χ1) is 10.2. The van der Waals surface area contributed by atoms with E-state index in [1.807, 2.05) is 19.1 Å². The third-order valence-electron chi connectivity index (χ3n) is 3.96. The van der Waals surface area contributed by atoms with E-state index in [4.69, 9.17) is 4.74 Å². The van der Waals surface area contributed by atoms with E-state index in [2.05, 4.69) is 13.0 Å². The molecule has 0 aromatic carbocycles. The van der Waals surface area contributed by atoms with Crippen LogP contribution in [0, 0.1) is 0 Å². The first-order valence-electron chi connectivity index (χ1n) is 8.83. The highest BCUT2D eigenvalue weighted by molar-refractivity contribution is 5.93. The van der Waals surface area contributed by atoms with Crippen LogP contribution in [0.4, 0.5) is 0 Å². The predicted molar refractivity (Wildman–Crippen MR) is 89.2 cm³/mol. The Morgan fingerprint density at radius 3 is 2.10 bits per heavy atom. The molecule has 2 nitrogen and oxygen atoms in total. The van der Waals surface area contributed by atoms with Gasteiger partial charge in [-0.1, -0.05) is 76.9 Å². The average molecular weight is 292 g/mol. The normalized spacial score (nSPS) is 18.3. The van der Waals surface area contributed by atoms with Gasteiger partial charge >= 0.3 is 5.97 Å². The Bertz CT molecular complexity index is 341. The molecule has 1 heterocycles. The summed E-state index contributed by atoms with van der Waals surface area (Å²) in [6.45, 7) is 4.15. The molecule has 0 radical (unpaired) electrons. The molecule has 0 aromatic heterocycles. The Morgan fingerprint density at radius 1 is 1.00 bits per heavy atom. The van der Waals surface area contributed by atoms with Crippen molar-refractivity contribution in [3.05, 3.63) is 23.8 Å². The minimum Gasteiger partial charge on any atom is -0.455 e. The van der Waals surface area contributed by atoms with Gasteiger partial charge in [0.25, 0.3) is 0 Å². The van der Waals surface area contributed by atoms with Crippen molar-refractivity contribution in [1.82, 2.24) is 0 Å². The summed E-state index contributed by atoms with van der Waals surface area (Å²) in [5.41, 5.74) is 0.717. The van der Waals surface area contributed by atoms with Crippen LogP contribution in [-0.4, -0.2) is 12.1 Å². The Balaban J connectivity index is 1.89. The number of carbonyl (C=O) groups excluding carboxylic acids is 1. The van der Waals surface area contributed by atoms with Crippen LogP contribution in [0.25, 0.3) is 0 Å². The summed E-state index contributed by atoms with van der Waals surface area (Å²) in [7, 11) is 0. The molecule has 2 heteroatoms. The van der Waals surface area contributed by atoms with Crippen molar-refractivity contribution in [3.63, 3.8) is 0 Å². The molecule has 0 aromatic rings. The molecule has 0 N–H and O–H groups in total. The lowest BCUT2D eigenvalue weighted by molar-refractivity contribution is -0.138. The number of esters is 1. The topological polar surface area (TPSA) is 26.3 Å². The van der Waals surface area contributed by atoms with Gasteiger partial charge < -0.3 is 4.74 Å². The summed E-state index contributed by atoms with van der Waals surface area (Å²) in [4.78, 5) is 11.4. The number of ether oxygens (including phenoxy) is 1. The first kappa shape index (κ1) is 18.0. The van der Waals surface area contributed by atoms with E-state index in [0.717, 1.165) is 12.0 Å². The quantitative estimate of drug-likeness (QED) is 0.339. The van der Waals surface area contributed by atoms with Gasteiger partial charge in [-0.3, -0.25) is 0 Å². The molecule has 0 fully saturated rings. The Kier molecular flexibility index (Phi) is 9.94. The highest BCUT2D eigenvalue weighted by Gasteiger charge is 2.19. The molecular weight excluding hydrogens is 260 g/mol. The molecular formula is C19H32O2. The van der Waals surface area contributed by atoms with Crippen molar-refractivity contribution >= 4 is 5.97 Å². The van der Waals surface area contributed by atoms with Crippen LogP contribution in [0.3, 0.4) is 0 Å². The third kappa shape index (κ3) is 8.75. The second-order valence-electron chi connectivity index (χ2n) is 6.11. The number of carbonyl (C=O) groups is 1. The van der Waals surface area contributed by atoms with Gasteiger partial charge in [0.1, 0.15) is 6.10 Å². The van der Waals surface area contributed by atoms with Gasteiger partial charge in [0.15, 0.2) is 0 Å². The predicted octanol–water partition coefficient (Wildman–Crippen LogP) is 5.73. The van der Waals surface area contributed by atoms with E-state index in [1.165, 1.54) is 64.2 Å². The molecule has 0 spiro atoms. The largest absolute Gasteiger partial charge is 0.455 e. The Hall–Kier alpha value is -1.05. The molecule has 21 heavy (non-hydrogen) atoms. The number of hydrogen-bond acceptors (Lipinski definition) is 2. The molecule has 0 saturated carbocycles. The smallest absolute Gasteiger partial charge is 0.338 e. The van der Waals surface area contributed by atoms with Gasteiger partial charge in [-0.05, 0) is 25.8 Å². The fraction of sp³-hybridized carbons (Fsp3) is 0.737. The van der Waals surface area contributed by atoms with E-state index in [9.17, 15) is 4.79 Å². The molecule has 0 bridgehead atoms. The lowest BCUT2D eigenvalue weighted by atomic mass is 10.1. The number of unbranched alkanes of at least 4 members (excludes halogenated alkanes) is 10. The average Bonchev–Trinajstić information content (AvgIpc) is 2.78. The zero-order valence-corrected chi connectivity index (χ0v) is 13.9. The van der Waals surface area contributed by atoms with Crippen LogP contribution in [0.15, 0.2) is 23.8 Å². The van der Waals surface area contributed by atoms with Crippen LogP contribution in [0.5, 0.6) is 0 Å². The van der Waals surface area contributed by atoms with Gasteiger partial charge in [-0.15, -0.1) is 0 Å². The monoisotopic (exact) mass is 292 g/mol. The molecule has 0 amide bonds. The van der Waals surface area contributed by atoms with E-state index < -0.39 is 0 Å². The van der Waals surface area contributed by atoms with Gasteiger partial charge in [0.2, 0.25) is 0 Å². The highest BCUT2D eigenvalue weighted by atomic mass is 16.5. The van der Waals surface area contributed by atoms with Crippen molar-refractivity contribution in [3.8, 4) is 0 Å². The zero-order valence-electron chi connectivity index (χ0n) is 13.9. The summed E-state index contributed by atoms with van der Waals surface area (Å²) < 4.78 is 5.05. The number of cyclic esters (lactones) is 1. The van der Waals surface area contributed by atoms with Crippen molar-refractivity contribution in [2.24, 2.45) is 0 Å². The maximum atomic E-state index is 11.4. The number of rotatable bonds is 12. The summed E-state index contributed by atoms with van der Waals surface area (Å²) >= 11 is 0. The SMILES string of the molecule is CCCCCCCCCCCCC=CC1=CC(C)OC1=O. The highest BCUT2D eigenvalue weighted by Crippen LogP contribution is 2.15. The zero-order chi connectivity index (χ0) is 15.3. The maximum absolute atomic E-state index is 11.4. The van der Waals surface area contributed by atoms with Crippen molar-refractivity contribution in [2.45, 2.75) is 90.6 Å². The molecule has 0 aliphatic carbocycles. The van der Waals surface area contributed by atoms with E-state index in [1.54, 1.807) is 0 Å². The molecule has 1 aliphatic rings. The van der Waals surface area contributed by atoms with Crippen LogP contribution in [0.2, 0.25) is 0 Å². The van der Waals surface area contributed by atoms with Crippen molar-refractivity contribution in [2.75, 3.05) is 0 Å². The molecule has 0 saturated heterocycles. The molecule has 120 valence electrons. The molecule has 1 rings (SSSR count). The van der Waals surface area contributed by atoms with Crippen LogP contribution < -0.4 is 0 Å². The number of hydrogen-bond donors (Lipinski definition) is 0. The van der Waals surface area contributed by atoms with Crippen molar-refractivity contribution < 1.29 is 9.53 Å². The summed E-state index contributed by atoms with van der Waals surface area (Å²) in [6, 6.07) is 0. The van der Waals surface area contributed by atoms with Crippen molar-refractivity contribution in [1.29, 1.82) is 0 Å². The fourth-order valence-electron chi connectivity index (χ4n) is 2.68. The standard InChI is InChI=1S/C19H32O2/c1-3-4-5-6-7-8-9-10-11-12-13-14-15-18-16-17(2)21-19(18)20/h14-17H,3-13H2,1-2H3. The lowest BCUT2D eigenvalue weighted by Gasteiger charge is -2.01. The summed E-state index contributed by atoms with van der Waals surface area (Å²) in [6.07, 6.45) is 20.5. The third-order valence-corrected chi connectivity index (χ3v) is 3.96. The van der Waals surface area contributed by atoms with Crippen LogP contribution in [-0.2, 0) is 9.53 Å². The fourth-order valence-corrected chi connectivity index (χ4v) is 2.68. The maximum Gasteiger partial charge on any atom is 0.338 e. The van der Waals surface area contributed by atoms with Gasteiger partial charge in [-0.25, -0.2) is 4.79 Å². The summed E-state index contributed by atoms with van der Waals surface area (Å²) in [5.74, 6) is -0.179. The second-order valence-corrected chi connectivity index (χ2v) is 6.11. The van der Waals surface area contributed by atoms with Crippen LogP contribution in [0.1, 0.15) is 84.5 Å². The minimum atomic E-state index is -0.179. The molecule has 1 unspecified atom stereocenters. The lowest BCUT2D eigenvalue weighted by Crippen LogP contribution is -2.02. The number of allylic oxidation sites excluding steroid dienone is 1. The summed E-state index contributed by atoms with van der Waals surface area (Å²) in [5, 5.41) is 0. The Labute approximate surface area is 130 Å². The second kappa shape index (κ2) is 11.6. The van der Waals surface area contributed by atoms with E-state index in [-0.39, 0.29) is 12.1 Å². The minimum absolute atomic E-state index is 0.0607. The van der Waals surface area contributed by atoms with E-state index >= 15 is 0 Å². The van der Waals surface area contributed by atoms with Crippen LogP contribution >= 0.6 is 0 Å². The van der Waals surface area contributed by atoms with Gasteiger partial charge in [0.05, 0.1) is 5.57 Å². The first-order valence-corrected chi connectivity index (χ1v) is 8.83. The van der Waals surface area contributed by atoms with Gasteiger partial charge in [-0.2, -0.15) is 0 Å². The molecule has 1 atom stereocenters. The van der Waals surface area contributed by atoms with E-state index in [0.29, 0.717) is 0 Å².